The van der Waals surface area contributed by atoms with E-state index in [0.717, 1.165) is 33.5 Å². The van der Waals surface area contributed by atoms with Crippen molar-refractivity contribution in [2.24, 2.45) is 0 Å². The summed E-state index contributed by atoms with van der Waals surface area (Å²) in [5.74, 6) is 0.619. The van der Waals surface area contributed by atoms with E-state index >= 15 is 0 Å². The molecule has 29 heavy (non-hydrogen) atoms. The highest BCUT2D eigenvalue weighted by atomic mass is 35.5. The van der Waals surface area contributed by atoms with Crippen LogP contribution in [0, 0.1) is 11.3 Å². The van der Waals surface area contributed by atoms with Crippen LogP contribution >= 0.6 is 11.6 Å². The van der Waals surface area contributed by atoms with Gasteiger partial charge in [-0.25, -0.2) is 0 Å². The number of aromatic nitrogens is 1. The molecule has 0 saturated carbocycles. The monoisotopic (exact) mass is 406 g/mol. The minimum atomic E-state index is 0.0277. The number of rotatable bonds is 3. The molecule has 1 aliphatic heterocycles. The van der Waals surface area contributed by atoms with E-state index in [1.54, 1.807) is 37.1 Å². The largest absolute Gasteiger partial charge is 0.495 e. The summed E-state index contributed by atoms with van der Waals surface area (Å²) < 4.78 is 5.23. The molecule has 1 N–H and O–H groups in total. The van der Waals surface area contributed by atoms with Crippen molar-refractivity contribution in [3.63, 3.8) is 0 Å². The number of nitriles is 1. The molecule has 1 aliphatic rings. The number of ether oxygens (including phenoxy) is 1. The number of methoxy groups -OCH3 is 1. The summed E-state index contributed by atoms with van der Waals surface area (Å²) in [6.45, 7) is 2.69. The quantitative estimate of drug-likeness (QED) is 0.696. The Kier molecular flexibility index (Phi) is 4.99. The van der Waals surface area contributed by atoms with Gasteiger partial charge in [0.2, 0.25) is 5.91 Å². The highest BCUT2D eigenvalue weighted by Crippen LogP contribution is 2.36. The number of anilines is 2. The van der Waals surface area contributed by atoms with E-state index in [2.05, 4.69) is 11.4 Å². The molecule has 6 nitrogen and oxygen atoms in total. The van der Waals surface area contributed by atoms with Gasteiger partial charge in [-0.15, -0.1) is 0 Å². The molecule has 2 aromatic carbocycles. The molecule has 3 aromatic rings. The summed E-state index contributed by atoms with van der Waals surface area (Å²) in [7, 11) is 1.57. The number of amides is 1. The number of carbonyl (C=O) groups excluding carboxylic acids is 1. The molecule has 7 heteroatoms. The van der Waals surface area contributed by atoms with Crippen molar-refractivity contribution in [1.29, 1.82) is 5.26 Å². The summed E-state index contributed by atoms with van der Waals surface area (Å²) in [5.41, 5.74) is 4.90. The smallest absolute Gasteiger partial charge is 0.219 e. The Bertz CT molecular complexity index is 1170. The summed E-state index contributed by atoms with van der Waals surface area (Å²) in [6.07, 6.45) is 0.683. The van der Waals surface area contributed by atoms with Gasteiger partial charge in [0.25, 0.3) is 0 Å². The van der Waals surface area contributed by atoms with Gasteiger partial charge in [-0.2, -0.15) is 5.26 Å². The molecule has 0 aliphatic carbocycles. The summed E-state index contributed by atoms with van der Waals surface area (Å²) in [5, 5.41) is 14.1. The Morgan fingerprint density at radius 3 is 2.83 bits per heavy atom. The van der Waals surface area contributed by atoms with Gasteiger partial charge in [0, 0.05) is 48.8 Å². The van der Waals surface area contributed by atoms with E-state index in [1.807, 2.05) is 18.2 Å². The highest BCUT2D eigenvalue weighted by Gasteiger charge is 2.24. The normalized spacial score (nSPS) is 13.0. The predicted molar refractivity (Wildman–Crippen MR) is 113 cm³/mol. The third kappa shape index (κ3) is 3.57. The van der Waals surface area contributed by atoms with Gasteiger partial charge in [-0.3, -0.25) is 9.78 Å². The Hall–Kier alpha value is -3.30. The number of carbonyl (C=O) groups is 1. The van der Waals surface area contributed by atoms with E-state index in [1.165, 1.54) is 0 Å². The number of halogens is 1. The first-order chi connectivity index (χ1) is 14.0. The second kappa shape index (κ2) is 7.61. The zero-order valence-electron chi connectivity index (χ0n) is 16.1. The molecule has 0 radical (unpaired) electrons. The van der Waals surface area contributed by atoms with Crippen molar-refractivity contribution in [3.05, 3.63) is 58.2 Å². The van der Waals surface area contributed by atoms with Crippen LogP contribution in [0.3, 0.4) is 0 Å². The molecule has 146 valence electrons. The van der Waals surface area contributed by atoms with Crippen LogP contribution in [-0.2, 0) is 17.8 Å². The van der Waals surface area contributed by atoms with E-state index < -0.39 is 0 Å². The summed E-state index contributed by atoms with van der Waals surface area (Å²) in [4.78, 5) is 18.6. The van der Waals surface area contributed by atoms with Crippen molar-refractivity contribution < 1.29 is 9.53 Å². The van der Waals surface area contributed by atoms with Gasteiger partial charge >= 0.3 is 0 Å². The first kappa shape index (κ1) is 19.0. The topological polar surface area (TPSA) is 78.2 Å². The maximum Gasteiger partial charge on any atom is 0.219 e. The van der Waals surface area contributed by atoms with Crippen LogP contribution in [0.4, 0.5) is 11.4 Å². The average Bonchev–Trinajstić information content (AvgIpc) is 2.73. The van der Waals surface area contributed by atoms with E-state index in [0.29, 0.717) is 35.8 Å². The lowest BCUT2D eigenvalue weighted by Gasteiger charge is -2.30. The number of hydrogen-bond donors (Lipinski definition) is 1. The molecular formula is C22H19ClN4O2. The fraction of sp³-hybridized carbons (Fsp3) is 0.227. The van der Waals surface area contributed by atoms with Gasteiger partial charge in [0.1, 0.15) is 5.75 Å². The molecule has 0 unspecified atom stereocenters. The van der Waals surface area contributed by atoms with Gasteiger partial charge in [-0.1, -0.05) is 11.6 Å². The average molecular weight is 407 g/mol. The molecule has 0 bridgehead atoms. The number of nitrogens with zero attached hydrogens (tertiary/aromatic N) is 3. The molecule has 1 aromatic heterocycles. The SMILES string of the molecule is COc1ccc(Nc2c3c(nc4ccc(C#N)cc24)CCN(C(C)=O)C3)cc1Cl. The molecule has 1 amide bonds. The zero-order valence-corrected chi connectivity index (χ0v) is 16.9. The lowest BCUT2D eigenvalue weighted by Crippen LogP contribution is -2.35. The first-order valence-corrected chi connectivity index (χ1v) is 9.59. The Balaban J connectivity index is 1.89. The second-order valence-electron chi connectivity index (χ2n) is 6.92. The third-order valence-electron chi connectivity index (χ3n) is 5.13. The van der Waals surface area contributed by atoms with Crippen molar-refractivity contribution >= 4 is 39.8 Å². The second-order valence-corrected chi connectivity index (χ2v) is 7.33. The maximum atomic E-state index is 12.0. The van der Waals surface area contributed by atoms with Crippen LogP contribution in [0.5, 0.6) is 5.75 Å². The van der Waals surface area contributed by atoms with Crippen LogP contribution in [-0.4, -0.2) is 29.4 Å². The molecule has 4 rings (SSSR count). The Morgan fingerprint density at radius 1 is 1.31 bits per heavy atom. The Labute approximate surface area is 173 Å². The van der Waals surface area contributed by atoms with Crippen LogP contribution < -0.4 is 10.1 Å². The highest BCUT2D eigenvalue weighted by molar-refractivity contribution is 6.32. The first-order valence-electron chi connectivity index (χ1n) is 9.22. The number of fused-ring (bicyclic) bond motifs is 2. The van der Waals surface area contributed by atoms with Gasteiger partial charge in [-0.05, 0) is 36.4 Å². The lowest BCUT2D eigenvalue weighted by molar-refractivity contribution is -0.129. The van der Waals surface area contributed by atoms with E-state index in [9.17, 15) is 10.1 Å². The number of nitrogens with one attached hydrogen (secondary N) is 1. The fourth-order valence-corrected chi connectivity index (χ4v) is 3.87. The molecule has 0 saturated heterocycles. The standard InChI is InChI=1S/C22H19ClN4O2/c1-13(28)27-8-7-20-17(12-27)22(16-9-14(11-24)3-5-19(16)26-20)25-15-4-6-21(29-2)18(23)10-15/h3-6,9-10H,7-8,12H2,1-2H3,(H,25,26). The van der Waals surface area contributed by atoms with Gasteiger partial charge in [0.15, 0.2) is 0 Å². The van der Waals surface area contributed by atoms with E-state index in [-0.39, 0.29) is 5.91 Å². The third-order valence-corrected chi connectivity index (χ3v) is 5.43. The van der Waals surface area contributed by atoms with Crippen LogP contribution in [0.1, 0.15) is 23.7 Å². The van der Waals surface area contributed by atoms with Gasteiger partial charge in [0.05, 0.1) is 35.0 Å². The fourth-order valence-electron chi connectivity index (χ4n) is 3.61. The van der Waals surface area contributed by atoms with Crippen molar-refractivity contribution in [2.75, 3.05) is 19.0 Å². The predicted octanol–water partition coefficient (Wildman–Crippen LogP) is 4.42. The van der Waals surface area contributed by atoms with Crippen LogP contribution in [0.25, 0.3) is 10.9 Å². The number of pyridine rings is 1. The van der Waals surface area contributed by atoms with Crippen molar-refractivity contribution in [1.82, 2.24) is 9.88 Å². The lowest BCUT2D eigenvalue weighted by atomic mass is 9.98. The van der Waals surface area contributed by atoms with E-state index in [4.69, 9.17) is 21.3 Å². The molecule has 0 atom stereocenters. The summed E-state index contributed by atoms with van der Waals surface area (Å²) in [6, 6.07) is 13.1. The number of hydrogen-bond acceptors (Lipinski definition) is 5. The maximum absolute atomic E-state index is 12.0. The van der Waals surface area contributed by atoms with Crippen LogP contribution in [0.2, 0.25) is 5.02 Å². The van der Waals surface area contributed by atoms with Crippen LogP contribution in [0.15, 0.2) is 36.4 Å². The Morgan fingerprint density at radius 2 is 2.14 bits per heavy atom. The summed E-state index contributed by atoms with van der Waals surface area (Å²) >= 11 is 6.30. The number of benzene rings is 2. The van der Waals surface area contributed by atoms with Crippen molar-refractivity contribution in [3.8, 4) is 11.8 Å². The molecule has 0 spiro atoms. The molecule has 2 heterocycles. The minimum Gasteiger partial charge on any atom is -0.495 e. The molecular weight excluding hydrogens is 388 g/mol. The zero-order chi connectivity index (χ0) is 20.5. The minimum absolute atomic E-state index is 0.0277. The van der Waals surface area contributed by atoms with Gasteiger partial charge < -0.3 is 15.0 Å². The molecule has 0 fully saturated rings. The van der Waals surface area contributed by atoms with Crippen molar-refractivity contribution in [2.45, 2.75) is 19.9 Å².